The second-order valence-electron chi connectivity index (χ2n) is 1.56. The molecule has 3 amide bonds. The first-order valence-electron chi connectivity index (χ1n) is 2.26. The highest BCUT2D eigenvalue weighted by Crippen LogP contribution is 1.83. The first kappa shape index (κ1) is 7.68. The van der Waals surface area contributed by atoms with Crippen LogP contribution in [0.4, 0.5) is 4.79 Å². The van der Waals surface area contributed by atoms with Crippen molar-refractivity contribution in [1.29, 1.82) is 0 Å². The van der Waals surface area contributed by atoms with Crippen LogP contribution in [0.2, 0.25) is 0 Å². The van der Waals surface area contributed by atoms with Gasteiger partial charge in [0.05, 0.1) is 0 Å². The van der Waals surface area contributed by atoms with E-state index < -0.39 is 11.9 Å². The predicted molar refractivity (Wildman–Crippen MR) is 31.4 cm³/mol. The maximum absolute atomic E-state index is 10.4. The van der Waals surface area contributed by atoms with Gasteiger partial charge in [-0.1, -0.05) is 6.58 Å². The first-order valence-corrected chi connectivity index (χ1v) is 2.26. The van der Waals surface area contributed by atoms with E-state index >= 15 is 0 Å². The molecule has 0 heterocycles. The minimum atomic E-state index is -1.11. The van der Waals surface area contributed by atoms with E-state index in [1.165, 1.54) is 6.92 Å². The van der Waals surface area contributed by atoms with Gasteiger partial charge >= 0.3 is 6.03 Å². The Morgan fingerprint density at radius 2 is 2.00 bits per heavy atom. The zero-order valence-electron chi connectivity index (χ0n) is 5.02. The molecule has 2 N–H and O–H groups in total. The molecule has 0 aromatic carbocycles. The van der Waals surface area contributed by atoms with E-state index in [1.807, 2.05) is 0 Å². The quantitative estimate of drug-likeness (QED) is 0.507. The van der Waals surface area contributed by atoms with Gasteiger partial charge in [-0.25, -0.2) is 10.5 Å². The molecule has 0 aromatic heterocycles. The lowest BCUT2D eigenvalue weighted by Crippen LogP contribution is -2.29. The van der Waals surface area contributed by atoms with Gasteiger partial charge in [-0.3, -0.25) is 10.1 Å². The van der Waals surface area contributed by atoms with Crippen LogP contribution in [0, 0.1) is 0 Å². The molecular weight excluding hydrogens is 120 g/mol. The van der Waals surface area contributed by atoms with Gasteiger partial charge in [0.1, 0.15) is 0 Å². The normalized spacial score (nSPS) is 8.11. The summed E-state index contributed by atoms with van der Waals surface area (Å²) in [6.07, 6.45) is 0. The summed E-state index contributed by atoms with van der Waals surface area (Å²) in [5, 5.41) is 1.73. The summed E-state index contributed by atoms with van der Waals surface area (Å²) in [6, 6.07) is -1.11. The summed E-state index contributed by atoms with van der Waals surface area (Å²) in [7, 11) is 0. The van der Waals surface area contributed by atoms with E-state index in [0.29, 0.717) is 0 Å². The Hall–Kier alpha value is -1.32. The van der Waals surface area contributed by atoms with Crippen molar-refractivity contribution in [2.24, 2.45) is 0 Å². The van der Waals surface area contributed by atoms with Crippen LogP contribution < -0.4 is 11.1 Å². The van der Waals surface area contributed by atoms with Crippen LogP contribution in [0.3, 0.4) is 0 Å². The van der Waals surface area contributed by atoms with Gasteiger partial charge in [-0.15, -0.1) is 0 Å². The Morgan fingerprint density at radius 1 is 1.56 bits per heavy atom. The molecule has 0 bridgehead atoms. The molecule has 0 aromatic rings. The fraction of sp³-hybridized carbons (Fsp3) is 0.200. The van der Waals surface area contributed by atoms with Crippen molar-refractivity contribution in [1.82, 2.24) is 11.1 Å². The lowest BCUT2D eigenvalue weighted by Gasteiger charge is -1.95. The summed E-state index contributed by atoms with van der Waals surface area (Å²) < 4.78 is 0. The average Bonchev–Trinajstić information content (AvgIpc) is 1.63. The third kappa shape index (κ3) is 3.28. The maximum Gasteiger partial charge on any atom is 0.340 e. The smallest absolute Gasteiger partial charge is 0.273 e. The minimum Gasteiger partial charge on any atom is -0.273 e. The molecule has 4 heteroatoms. The molecule has 1 radical (unpaired) electrons. The number of imide groups is 1. The largest absolute Gasteiger partial charge is 0.340 e. The van der Waals surface area contributed by atoms with E-state index in [0.717, 1.165) is 0 Å². The Balaban J connectivity index is 3.79. The summed E-state index contributed by atoms with van der Waals surface area (Å²) >= 11 is 0. The van der Waals surface area contributed by atoms with Crippen LogP contribution in [-0.4, -0.2) is 11.9 Å². The Bertz CT molecular complexity index is 162. The zero-order valence-corrected chi connectivity index (χ0v) is 5.02. The second-order valence-corrected chi connectivity index (χ2v) is 1.56. The highest BCUT2D eigenvalue weighted by molar-refractivity contribution is 6.02. The van der Waals surface area contributed by atoms with Gasteiger partial charge < -0.3 is 0 Å². The third-order valence-corrected chi connectivity index (χ3v) is 0.615. The third-order valence-electron chi connectivity index (χ3n) is 0.615. The molecule has 0 unspecified atom stereocenters. The summed E-state index contributed by atoms with van der Waals surface area (Å²) in [5.74, 6) is -0.602. The van der Waals surface area contributed by atoms with E-state index in [1.54, 1.807) is 5.32 Å². The van der Waals surface area contributed by atoms with Crippen LogP contribution in [-0.2, 0) is 4.79 Å². The number of carbonyl (C=O) groups is 2. The van der Waals surface area contributed by atoms with Gasteiger partial charge in [0.2, 0.25) is 0 Å². The number of hydrogen-bond acceptors (Lipinski definition) is 2. The SMILES string of the molecule is C=C(C)C(=O)NC([NH])=O. The highest BCUT2D eigenvalue weighted by atomic mass is 16.2. The van der Waals surface area contributed by atoms with Crippen molar-refractivity contribution in [3.8, 4) is 0 Å². The van der Waals surface area contributed by atoms with Gasteiger partial charge in [-0.05, 0) is 6.92 Å². The number of urea groups is 1. The van der Waals surface area contributed by atoms with Gasteiger partial charge in [0.25, 0.3) is 5.91 Å². The van der Waals surface area contributed by atoms with Crippen molar-refractivity contribution in [2.45, 2.75) is 6.92 Å². The lowest BCUT2D eigenvalue weighted by molar-refractivity contribution is -0.116. The van der Waals surface area contributed by atoms with Gasteiger partial charge in [0.15, 0.2) is 0 Å². The van der Waals surface area contributed by atoms with Crippen molar-refractivity contribution >= 4 is 11.9 Å². The number of carbonyl (C=O) groups excluding carboxylic acids is 2. The molecule has 0 spiro atoms. The van der Waals surface area contributed by atoms with E-state index in [-0.39, 0.29) is 5.57 Å². The minimum absolute atomic E-state index is 0.218. The second kappa shape index (κ2) is 2.86. The number of rotatable bonds is 1. The molecule has 9 heavy (non-hydrogen) atoms. The highest BCUT2D eigenvalue weighted by Gasteiger charge is 2.02. The molecule has 0 saturated heterocycles. The molecule has 0 aliphatic carbocycles. The molecule has 0 aliphatic heterocycles. The van der Waals surface area contributed by atoms with E-state index in [4.69, 9.17) is 5.73 Å². The monoisotopic (exact) mass is 127 g/mol. The lowest BCUT2D eigenvalue weighted by atomic mass is 10.3. The fourth-order valence-corrected chi connectivity index (χ4v) is 0.210. The van der Waals surface area contributed by atoms with Crippen LogP contribution in [0.25, 0.3) is 0 Å². The van der Waals surface area contributed by atoms with E-state index in [9.17, 15) is 9.59 Å². The van der Waals surface area contributed by atoms with Crippen molar-refractivity contribution in [3.63, 3.8) is 0 Å². The standard InChI is InChI=1S/C5H7N2O2/c1-3(2)4(8)7-5(6)9/h6H,1H2,2H3,(H,7,8,9). The van der Waals surface area contributed by atoms with Crippen molar-refractivity contribution in [3.05, 3.63) is 12.2 Å². The Kier molecular flexibility index (Phi) is 2.44. The Morgan fingerprint density at radius 3 is 2.11 bits per heavy atom. The number of nitrogens with one attached hydrogen (secondary N) is 2. The van der Waals surface area contributed by atoms with Crippen LogP contribution in [0.15, 0.2) is 12.2 Å². The van der Waals surface area contributed by atoms with Crippen LogP contribution >= 0.6 is 0 Å². The maximum atomic E-state index is 10.4. The average molecular weight is 127 g/mol. The molecule has 0 rings (SSSR count). The van der Waals surface area contributed by atoms with Crippen molar-refractivity contribution in [2.75, 3.05) is 0 Å². The molecule has 0 atom stereocenters. The number of amides is 3. The molecule has 0 aliphatic rings. The molecular formula is C5H7N2O2. The summed E-state index contributed by atoms with van der Waals surface area (Å²) in [4.78, 5) is 20.3. The summed E-state index contributed by atoms with van der Waals surface area (Å²) in [6.45, 7) is 4.72. The van der Waals surface area contributed by atoms with E-state index in [2.05, 4.69) is 6.58 Å². The van der Waals surface area contributed by atoms with Gasteiger partial charge in [0, 0.05) is 5.57 Å². The predicted octanol–water partition coefficient (Wildman–Crippen LogP) is 0.0816. The molecule has 0 saturated carbocycles. The summed E-state index contributed by atoms with van der Waals surface area (Å²) in [5.41, 5.74) is 6.51. The van der Waals surface area contributed by atoms with Crippen LogP contribution in [0.1, 0.15) is 6.92 Å². The Labute approximate surface area is 52.7 Å². The fourth-order valence-electron chi connectivity index (χ4n) is 0.210. The topological polar surface area (TPSA) is 70.0 Å². The molecule has 4 nitrogen and oxygen atoms in total. The van der Waals surface area contributed by atoms with Gasteiger partial charge in [-0.2, -0.15) is 0 Å². The van der Waals surface area contributed by atoms with Crippen LogP contribution in [0.5, 0.6) is 0 Å². The van der Waals surface area contributed by atoms with Crippen molar-refractivity contribution < 1.29 is 9.59 Å². The first-order chi connectivity index (χ1) is 4.04. The number of hydrogen-bond donors (Lipinski definition) is 1. The molecule has 0 fully saturated rings. The molecule has 49 valence electrons. The zero-order chi connectivity index (χ0) is 7.44.